The van der Waals surface area contributed by atoms with E-state index in [0.29, 0.717) is 12.0 Å². The molecule has 0 saturated heterocycles. The molecule has 0 aliphatic heterocycles. The maximum absolute atomic E-state index is 11.5. The predicted octanol–water partition coefficient (Wildman–Crippen LogP) is 4.46. The van der Waals surface area contributed by atoms with Gasteiger partial charge in [0.05, 0.1) is 0 Å². The fourth-order valence-corrected chi connectivity index (χ4v) is 3.25. The summed E-state index contributed by atoms with van der Waals surface area (Å²) < 4.78 is 0. The molecule has 0 aromatic carbocycles. The second-order valence-electron chi connectivity index (χ2n) is 6.89. The van der Waals surface area contributed by atoms with Gasteiger partial charge >= 0.3 is 5.97 Å². The molecule has 0 aromatic heterocycles. The number of nitrogens with one attached hydrogen (secondary N) is 1. The Labute approximate surface area is 173 Å². The molecule has 0 aliphatic rings. The number of carbonyl (C=O) groups is 3. The van der Waals surface area contributed by atoms with Crippen molar-refractivity contribution in [2.24, 2.45) is 0 Å². The van der Waals surface area contributed by atoms with Crippen LogP contribution in [0.4, 0.5) is 0 Å². The third kappa shape index (κ3) is 15.0. The Balaban J connectivity index is 4.22. The van der Waals surface area contributed by atoms with Gasteiger partial charge in [-0.2, -0.15) is 11.8 Å². The summed E-state index contributed by atoms with van der Waals surface area (Å²) in [6.45, 7) is 8.47. The summed E-state index contributed by atoms with van der Waals surface area (Å²) in [5.74, 6) is -0.712. The van der Waals surface area contributed by atoms with Crippen LogP contribution in [0.25, 0.3) is 0 Å². The first-order valence-corrected chi connectivity index (χ1v) is 10.6. The second-order valence-corrected chi connectivity index (χ2v) is 7.97. The zero-order valence-corrected chi connectivity index (χ0v) is 18.2. The number of carbonyl (C=O) groups excluding carboxylic acids is 2. The summed E-state index contributed by atoms with van der Waals surface area (Å²) in [7, 11) is 0. The van der Waals surface area contributed by atoms with Crippen LogP contribution in [0, 0.1) is 0 Å². The van der Waals surface area contributed by atoms with Crippen LogP contribution in [0.15, 0.2) is 47.1 Å². The Morgan fingerprint density at radius 2 is 1.61 bits per heavy atom. The van der Waals surface area contributed by atoms with Gasteiger partial charge in [0.25, 0.3) is 0 Å². The minimum atomic E-state index is -1.09. The van der Waals surface area contributed by atoms with Crippen molar-refractivity contribution >= 4 is 29.9 Å². The van der Waals surface area contributed by atoms with Gasteiger partial charge in [-0.3, -0.25) is 9.59 Å². The predicted molar refractivity (Wildman–Crippen MR) is 118 cm³/mol. The molecule has 0 fully saturated rings. The van der Waals surface area contributed by atoms with Crippen LogP contribution in [-0.2, 0) is 14.4 Å². The molecule has 0 rings (SSSR count). The van der Waals surface area contributed by atoms with Crippen molar-refractivity contribution in [3.05, 3.63) is 47.1 Å². The van der Waals surface area contributed by atoms with Crippen molar-refractivity contribution in [1.82, 2.24) is 5.32 Å². The first kappa shape index (κ1) is 25.9. The van der Waals surface area contributed by atoms with Gasteiger partial charge < -0.3 is 10.4 Å². The fraction of sp³-hybridized carbons (Fsp3) is 0.500. The molecule has 0 unspecified atom stereocenters. The number of aliphatic carboxylic acids is 1. The molecule has 0 bridgehead atoms. The molecule has 6 heteroatoms. The van der Waals surface area contributed by atoms with E-state index in [-0.39, 0.29) is 5.75 Å². The number of amides is 1. The largest absolute Gasteiger partial charge is 0.480 e. The Hall–Kier alpha value is -2.08. The number of aldehydes is 1. The van der Waals surface area contributed by atoms with Gasteiger partial charge in [0.1, 0.15) is 12.3 Å². The highest BCUT2D eigenvalue weighted by Gasteiger charge is 2.18. The van der Waals surface area contributed by atoms with Crippen molar-refractivity contribution in [3.63, 3.8) is 0 Å². The summed E-state index contributed by atoms with van der Waals surface area (Å²) >= 11 is 1.45. The topological polar surface area (TPSA) is 83.5 Å². The van der Waals surface area contributed by atoms with Gasteiger partial charge in [-0.15, -0.1) is 0 Å². The molecule has 0 heterocycles. The second kappa shape index (κ2) is 15.9. The van der Waals surface area contributed by atoms with Crippen LogP contribution < -0.4 is 5.32 Å². The van der Waals surface area contributed by atoms with E-state index < -0.39 is 17.9 Å². The molecule has 28 heavy (non-hydrogen) atoms. The zero-order chi connectivity index (χ0) is 21.4. The van der Waals surface area contributed by atoms with Crippen LogP contribution in [0.1, 0.15) is 53.4 Å². The summed E-state index contributed by atoms with van der Waals surface area (Å²) in [4.78, 5) is 32.9. The summed E-state index contributed by atoms with van der Waals surface area (Å²) in [6.07, 6.45) is 13.3. The summed E-state index contributed by atoms with van der Waals surface area (Å²) in [6, 6.07) is -0.978. The van der Waals surface area contributed by atoms with Crippen LogP contribution in [0.3, 0.4) is 0 Å². The third-order valence-corrected chi connectivity index (χ3v) is 4.87. The molecular weight excluding hydrogens is 374 g/mol. The quantitative estimate of drug-likeness (QED) is 0.192. The average molecular weight is 408 g/mol. The summed E-state index contributed by atoms with van der Waals surface area (Å²) in [5, 5.41) is 11.5. The Kier molecular flexibility index (Phi) is 14.7. The molecule has 0 saturated carbocycles. The van der Waals surface area contributed by atoms with E-state index in [1.54, 1.807) is 0 Å². The van der Waals surface area contributed by atoms with Gasteiger partial charge in [-0.1, -0.05) is 34.9 Å². The van der Waals surface area contributed by atoms with E-state index in [1.807, 2.05) is 0 Å². The van der Waals surface area contributed by atoms with Gasteiger partial charge in [0.2, 0.25) is 5.91 Å². The van der Waals surface area contributed by atoms with Crippen molar-refractivity contribution in [2.45, 2.75) is 59.4 Å². The maximum atomic E-state index is 11.5. The van der Waals surface area contributed by atoms with Crippen LogP contribution >= 0.6 is 11.8 Å². The minimum Gasteiger partial charge on any atom is -0.480 e. The monoisotopic (exact) mass is 407 g/mol. The Bertz CT molecular complexity index is 628. The van der Waals surface area contributed by atoms with E-state index in [9.17, 15) is 14.4 Å². The highest BCUT2D eigenvalue weighted by atomic mass is 32.2. The van der Waals surface area contributed by atoms with Crippen LogP contribution in [-0.4, -0.2) is 40.8 Å². The van der Waals surface area contributed by atoms with E-state index in [4.69, 9.17) is 5.11 Å². The zero-order valence-electron chi connectivity index (χ0n) is 17.4. The molecule has 0 aliphatic carbocycles. The van der Waals surface area contributed by atoms with E-state index in [1.165, 1.54) is 28.5 Å². The number of rotatable bonds is 14. The highest BCUT2D eigenvalue weighted by Crippen LogP contribution is 2.13. The van der Waals surface area contributed by atoms with Gasteiger partial charge in [-0.25, -0.2) is 4.79 Å². The third-order valence-electron chi connectivity index (χ3n) is 3.90. The number of carboxylic acid groups (broad SMARTS) is 1. The van der Waals surface area contributed by atoms with Crippen molar-refractivity contribution < 1.29 is 19.5 Å². The van der Waals surface area contributed by atoms with Gasteiger partial charge in [0, 0.05) is 17.6 Å². The lowest BCUT2D eigenvalue weighted by Gasteiger charge is -2.12. The lowest BCUT2D eigenvalue weighted by molar-refractivity contribution is -0.140. The Morgan fingerprint density at radius 1 is 1.00 bits per heavy atom. The molecule has 1 atom stereocenters. The lowest BCUT2D eigenvalue weighted by Crippen LogP contribution is -2.41. The van der Waals surface area contributed by atoms with Gasteiger partial charge in [-0.05, 0) is 59.5 Å². The molecule has 1 amide bonds. The average Bonchev–Trinajstić information content (AvgIpc) is 2.61. The fourth-order valence-electron chi connectivity index (χ4n) is 2.25. The number of carboxylic acids is 1. The normalized spacial score (nSPS) is 13.3. The number of thioether (sulfide) groups is 1. The van der Waals surface area contributed by atoms with Gasteiger partial charge in [0.15, 0.2) is 0 Å². The number of hydrogen-bond donors (Lipinski definition) is 2. The molecule has 5 nitrogen and oxygen atoms in total. The molecule has 0 spiro atoms. The smallest absolute Gasteiger partial charge is 0.327 e. The minimum absolute atomic E-state index is 0.267. The van der Waals surface area contributed by atoms with E-state index in [2.05, 4.69) is 51.2 Å². The van der Waals surface area contributed by atoms with E-state index in [0.717, 1.165) is 37.8 Å². The maximum Gasteiger partial charge on any atom is 0.327 e. The van der Waals surface area contributed by atoms with Crippen molar-refractivity contribution in [1.29, 1.82) is 0 Å². The summed E-state index contributed by atoms with van der Waals surface area (Å²) in [5.41, 5.74) is 4.03. The van der Waals surface area contributed by atoms with Crippen molar-refractivity contribution in [3.8, 4) is 0 Å². The molecular formula is C22H33NO4S. The van der Waals surface area contributed by atoms with Crippen LogP contribution in [0.5, 0.6) is 0 Å². The number of hydrogen-bond acceptors (Lipinski definition) is 4. The lowest BCUT2D eigenvalue weighted by atomic mass is 10.1. The molecule has 156 valence electrons. The number of allylic oxidation sites excluding steroid dienone is 6. The Morgan fingerprint density at radius 3 is 2.18 bits per heavy atom. The first-order valence-electron chi connectivity index (χ1n) is 9.43. The van der Waals surface area contributed by atoms with Crippen LogP contribution in [0.2, 0.25) is 0 Å². The standard InChI is InChI=1S/C22H33NO4S/c1-17(2)8-5-9-18(3)10-6-11-19(4)13-15-28-16-20(22(26)27)23-21(25)12-7-14-24/h7-8,10,12-14,20H,5-6,9,11,15-16H2,1-4H3,(H,23,25)(H,26,27)/b12-7+,18-10+,19-13+/t20-/m0/s1. The van der Waals surface area contributed by atoms with Crippen molar-refractivity contribution in [2.75, 3.05) is 11.5 Å². The highest BCUT2D eigenvalue weighted by molar-refractivity contribution is 7.99. The molecule has 0 radical (unpaired) electrons. The van der Waals surface area contributed by atoms with E-state index >= 15 is 0 Å². The molecule has 0 aromatic rings. The molecule has 2 N–H and O–H groups in total. The SMILES string of the molecule is CC(C)=CCC/C(C)=C/CC/C(C)=C/CSC[C@H](NC(=O)/C=C/C=O)C(=O)O. The first-order chi connectivity index (χ1) is 13.3.